The molecule has 0 aromatic rings. The Kier molecular flexibility index (Phi) is 4.89. The lowest BCUT2D eigenvalue weighted by molar-refractivity contribution is -0.137. The number of nitrogens with zero attached hydrogens (tertiary/aromatic N) is 1. The van der Waals surface area contributed by atoms with Crippen molar-refractivity contribution in [3.05, 3.63) is 22.6 Å². The number of carbonyl (C=O) groups is 1. The maximum absolute atomic E-state index is 11.1. The van der Waals surface area contributed by atoms with Gasteiger partial charge in [-0.25, -0.2) is 8.72 Å². The van der Waals surface area contributed by atoms with Crippen molar-refractivity contribution in [2.45, 2.75) is 19.9 Å². The van der Waals surface area contributed by atoms with Gasteiger partial charge in [-0.3, -0.25) is 0 Å². The van der Waals surface area contributed by atoms with Crippen molar-refractivity contribution in [1.29, 1.82) is 0 Å². The zero-order valence-corrected chi connectivity index (χ0v) is 11.2. The quantitative estimate of drug-likeness (QED) is 0.215. The largest absolute Gasteiger partial charge is 0.463 e. The van der Waals surface area contributed by atoms with E-state index in [1.165, 1.54) is 6.08 Å². The highest BCUT2D eigenvalue weighted by Gasteiger charge is 2.34. The van der Waals surface area contributed by atoms with E-state index in [0.717, 1.165) is 17.0 Å². The third-order valence-corrected chi connectivity index (χ3v) is 3.06. The number of hydrogen-bond acceptors (Lipinski definition) is 4. The average molecular weight is 292 g/mol. The molecule has 0 aromatic heterocycles. The van der Waals surface area contributed by atoms with Crippen molar-refractivity contribution < 1.29 is 9.53 Å². The minimum atomic E-state index is -0.314. The minimum absolute atomic E-state index is 0.314. The van der Waals surface area contributed by atoms with E-state index in [1.54, 1.807) is 13.0 Å². The Morgan fingerprint density at radius 1 is 1.67 bits per heavy atom. The van der Waals surface area contributed by atoms with Crippen LogP contribution in [0.5, 0.6) is 0 Å². The maximum Gasteiger partial charge on any atom is 0.330 e. The molecule has 1 unspecified atom stereocenters. The first-order chi connectivity index (χ1) is 7.06. The van der Waals surface area contributed by atoms with Gasteiger partial charge in [0.1, 0.15) is 0 Å². The molecule has 3 nitrogen and oxygen atoms in total. The molecule has 1 heterocycles. The van der Waals surface area contributed by atoms with Gasteiger partial charge in [-0.2, -0.15) is 0 Å². The van der Waals surface area contributed by atoms with Gasteiger partial charge >= 0.3 is 5.97 Å². The standard InChI is InChI=1S/C10H14BrNO2S/c1-3-14-10(13)5-4-8(7(2)15)9-6-12(9)11/h4-5,9,15H,3,6H2,1-2H3/b5-4+,8-7+/t9?,12-/m0/s1. The Morgan fingerprint density at radius 3 is 2.67 bits per heavy atom. The number of esters is 1. The van der Waals surface area contributed by atoms with E-state index < -0.39 is 0 Å². The van der Waals surface area contributed by atoms with Crippen LogP contribution in [0.25, 0.3) is 0 Å². The second-order valence-corrected chi connectivity index (χ2v) is 4.81. The summed E-state index contributed by atoms with van der Waals surface area (Å²) in [5.41, 5.74) is 1.04. The lowest BCUT2D eigenvalue weighted by Gasteiger charge is -2.01. The Morgan fingerprint density at radius 2 is 2.27 bits per heavy atom. The van der Waals surface area contributed by atoms with Gasteiger partial charge in [-0.1, -0.05) is 0 Å². The summed E-state index contributed by atoms with van der Waals surface area (Å²) in [7, 11) is 0. The molecular weight excluding hydrogens is 278 g/mol. The molecule has 1 saturated heterocycles. The third-order valence-electron chi connectivity index (χ3n) is 2.01. The Labute approximate surface area is 104 Å². The van der Waals surface area contributed by atoms with Crippen LogP contribution < -0.4 is 0 Å². The fraction of sp³-hybridized carbons (Fsp3) is 0.500. The van der Waals surface area contributed by atoms with Crippen LogP contribution in [0.3, 0.4) is 0 Å². The van der Waals surface area contributed by atoms with Gasteiger partial charge in [-0.05, 0) is 30.4 Å². The molecule has 1 aliphatic rings. The van der Waals surface area contributed by atoms with Crippen LogP contribution in [0.1, 0.15) is 13.8 Å². The van der Waals surface area contributed by atoms with Crippen LogP contribution in [0.15, 0.2) is 22.6 Å². The van der Waals surface area contributed by atoms with Gasteiger partial charge < -0.3 is 4.74 Å². The molecule has 0 aromatic carbocycles. The van der Waals surface area contributed by atoms with E-state index in [-0.39, 0.29) is 5.97 Å². The van der Waals surface area contributed by atoms with Crippen LogP contribution in [0.2, 0.25) is 0 Å². The molecule has 1 fully saturated rings. The van der Waals surface area contributed by atoms with Crippen molar-refractivity contribution in [2.75, 3.05) is 13.2 Å². The molecule has 0 aliphatic carbocycles. The van der Waals surface area contributed by atoms with E-state index in [9.17, 15) is 4.79 Å². The molecule has 0 radical (unpaired) electrons. The summed E-state index contributed by atoms with van der Waals surface area (Å²) < 4.78 is 6.80. The molecule has 0 spiro atoms. The molecule has 15 heavy (non-hydrogen) atoms. The van der Waals surface area contributed by atoms with Crippen molar-refractivity contribution in [1.82, 2.24) is 3.93 Å². The first-order valence-electron chi connectivity index (χ1n) is 4.73. The average Bonchev–Trinajstić information content (AvgIpc) is 2.83. The summed E-state index contributed by atoms with van der Waals surface area (Å²) in [6.45, 7) is 5.04. The molecule has 1 aliphatic heterocycles. The van der Waals surface area contributed by atoms with E-state index in [1.807, 2.05) is 10.8 Å². The Hall–Kier alpha value is -0.260. The molecular formula is C10H14BrNO2S. The van der Waals surface area contributed by atoms with E-state index in [4.69, 9.17) is 4.74 Å². The summed E-state index contributed by atoms with van der Waals surface area (Å²) >= 11 is 7.67. The summed E-state index contributed by atoms with van der Waals surface area (Å²) in [5, 5.41) is 0. The second kappa shape index (κ2) is 5.72. The Bertz CT molecular complexity index is 311. The summed E-state index contributed by atoms with van der Waals surface area (Å²) in [6.07, 6.45) is 3.21. The number of ether oxygens (including phenoxy) is 1. The van der Waals surface area contributed by atoms with Crippen molar-refractivity contribution in [3.63, 3.8) is 0 Å². The lowest BCUT2D eigenvalue weighted by Crippen LogP contribution is -2.01. The molecule has 0 bridgehead atoms. The molecule has 2 atom stereocenters. The maximum atomic E-state index is 11.1. The zero-order valence-electron chi connectivity index (χ0n) is 8.74. The third kappa shape index (κ3) is 4.01. The molecule has 0 amide bonds. The highest BCUT2D eigenvalue weighted by atomic mass is 79.9. The van der Waals surface area contributed by atoms with Crippen LogP contribution in [-0.2, 0) is 9.53 Å². The predicted molar refractivity (Wildman–Crippen MR) is 66.9 cm³/mol. The van der Waals surface area contributed by atoms with E-state index in [0.29, 0.717) is 12.6 Å². The highest BCUT2D eigenvalue weighted by molar-refractivity contribution is 9.07. The number of rotatable bonds is 4. The van der Waals surface area contributed by atoms with Crippen LogP contribution >= 0.6 is 28.8 Å². The van der Waals surface area contributed by atoms with Gasteiger partial charge in [0, 0.05) is 28.8 Å². The topological polar surface area (TPSA) is 29.3 Å². The summed E-state index contributed by atoms with van der Waals surface area (Å²) in [5.74, 6) is -0.314. The monoisotopic (exact) mass is 291 g/mol. The number of halogens is 1. The fourth-order valence-electron chi connectivity index (χ4n) is 1.19. The number of allylic oxidation sites excluding steroid dienone is 1. The molecule has 0 saturated carbocycles. The van der Waals surface area contributed by atoms with Crippen molar-refractivity contribution >= 4 is 34.7 Å². The molecule has 5 heteroatoms. The van der Waals surface area contributed by atoms with Crippen molar-refractivity contribution in [2.24, 2.45) is 0 Å². The highest BCUT2D eigenvalue weighted by Crippen LogP contribution is 2.32. The first-order valence-corrected chi connectivity index (χ1v) is 5.89. The van der Waals surface area contributed by atoms with Gasteiger partial charge in [0.15, 0.2) is 0 Å². The second-order valence-electron chi connectivity index (χ2n) is 3.22. The lowest BCUT2D eigenvalue weighted by atomic mass is 10.1. The van der Waals surface area contributed by atoms with Gasteiger partial charge in [-0.15, -0.1) is 12.6 Å². The van der Waals surface area contributed by atoms with E-state index in [2.05, 4.69) is 28.8 Å². The van der Waals surface area contributed by atoms with Crippen molar-refractivity contribution in [3.8, 4) is 0 Å². The molecule has 1 rings (SSSR count). The number of carbonyl (C=O) groups excluding carboxylic acids is 1. The normalized spacial score (nSPS) is 26.4. The first kappa shape index (κ1) is 12.8. The van der Waals surface area contributed by atoms with Gasteiger partial charge in [0.05, 0.1) is 12.6 Å². The predicted octanol–water partition coefficient (Wildman–Crippen LogP) is 2.30. The number of thiol groups is 1. The molecule has 84 valence electrons. The van der Waals surface area contributed by atoms with Gasteiger partial charge in [0.25, 0.3) is 0 Å². The Balaban J connectivity index is 2.61. The zero-order chi connectivity index (χ0) is 11.4. The smallest absolute Gasteiger partial charge is 0.330 e. The van der Waals surface area contributed by atoms with E-state index >= 15 is 0 Å². The van der Waals surface area contributed by atoms with Crippen LogP contribution in [0.4, 0.5) is 0 Å². The number of hydrogen-bond donors (Lipinski definition) is 1. The SMILES string of the molecule is CCOC(=O)/C=C/C(=C(/C)S)C1C[N@]1Br. The van der Waals surface area contributed by atoms with Crippen LogP contribution in [0, 0.1) is 0 Å². The van der Waals surface area contributed by atoms with Crippen LogP contribution in [-0.4, -0.2) is 29.1 Å². The van der Waals surface area contributed by atoms with Gasteiger partial charge in [0.2, 0.25) is 0 Å². The molecule has 0 N–H and O–H groups in total. The summed E-state index contributed by atoms with van der Waals surface area (Å²) in [6, 6.07) is 0.327. The summed E-state index contributed by atoms with van der Waals surface area (Å²) in [4.78, 5) is 12.0. The fourth-order valence-corrected chi connectivity index (χ4v) is 1.91. The minimum Gasteiger partial charge on any atom is -0.463 e.